The summed E-state index contributed by atoms with van der Waals surface area (Å²) in [7, 11) is -2.81. The lowest BCUT2D eigenvalue weighted by Gasteiger charge is -2.25. The van der Waals surface area contributed by atoms with Crippen molar-refractivity contribution < 1.29 is 23.7 Å². The number of benzene rings is 1. The van der Waals surface area contributed by atoms with E-state index in [-0.39, 0.29) is 0 Å². The van der Waals surface area contributed by atoms with Crippen molar-refractivity contribution in [2.75, 3.05) is 6.61 Å². The topological polar surface area (TPSA) is 87.0 Å². The Kier molecular flexibility index (Phi) is 2.63. The summed E-state index contributed by atoms with van der Waals surface area (Å²) >= 11 is 0. The van der Waals surface area contributed by atoms with E-state index in [0.717, 1.165) is 0 Å². The van der Waals surface area contributed by atoms with Crippen molar-refractivity contribution in [3.63, 3.8) is 0 Å². The molecule has 1 aliphatic rings. The molecule has 16 heavy (non-hydrogen) atoms. The van der Waals surface area contributed by atoms with E-state index < -0.39 is 23.2 Å². The van der Waals surface area contributed by atoms with Gasteiger partial charge in [0.2, 0.25) is 0 Å². The second-order valence-corrected chi connectivity index (χ2v) is 5.18. The largest absolute Gasteiger partial charge is 0.482 e. The molecule has 0 atom stereocenters. The number of fused-ring (bicyclic) bond motifs is 1. The summed E-state index contributed by atoms with van der Waals surface area (Å²) in [5.41, 5.74) is 0.642. The van der Waals surface area contributed by atoms with Crippen LogP contribution in [0.3, 0.4) is 0 Å². The maximum Gasteiger partial charge on any atom is 0.341 e. The standard InChI is InChI=1S/C10H10O5S/c11-10(12)6-15-8-1-2-9-7(5-8)3-4-16(9,13)14/h1-5,13-14H,6H2,(H,11,12). The first kappa shape index (κ1) is 11.0. The zero-order chi connectivity index (χ0) is 11.8. The highest BCUT2D eigenvalue weighted by atomic mass is 32.3. The van der Waals surface area contributed by atoms with Gasteiger partial charge in [-0.25, -0.2) is 4.79 Å². The van der Waals surface area contributed by atoms with E-state index in [1.165, 1.54) is 17.5 Å². The zero-order valence-electron chi connectivity index (χ0n) is 8.16. The van der Waals surface area contributed by atoms with Gasteiger partial charge in [-0.1, -0.05) is 0 Å². The van der Waals surface area contributed by atoms with Crippen LogP contribution in [0, 0.1) is 0 Å². The van der Waals surface area contributed by atoms with Crippen LogP contribution < -0.4 is 4.74 Å². The van der Waals surface area contributed by atoms with Gasteiger partial charge in [0.25, 0.3) is 0 Å². The fraction of sp³-hybridized carbons (Fsp3) is 0.100. The second-order valence-electron chi connectivity index (χ2n) is 3.28. The monoisotopic (exact) mass is 242 g/mol. The maximum atomic E-state index is 10.3. The van der Waals surface area contributed by atoms with Gasteiger partial charge in [0.15, 0.2) is 6.61 Å². The molecule has 0 saturated carbocycles. The van der Waals surface area contributed by atoms with E-state index in [9.17, 15) is 13.9 Å². The third-order valence-electron chi connectivity index (χ3n) is 2.10. The molecule has 0 unspecified atom stereocenters. The highest BCUT2D eigenvalue weighted by Gasteiger charge is 2.21. The molecule has 0 aliphatic carbocycles. The van der Waals surface area contributed by atoms with Crippen molar-refractivity contribution in [2.45, 2.75) is 4.90 Å². The van der Waals surface area contributed by atoms with Gasteiger partial charge in [-0.3, -0.25) is 9.11 Å². The van der Waals surface area contributed by atoms with Gasteiger partial charge in [-0.15, -0.1) is 10.6 Å². The first-order valence-corrected chi connectivity index (χ1v) is 6.05. The van der Waals surface area contributed by atoms with E-state index in [1.54, 1.807) is 12.1 Å². The van der Waals surface area contributed by atoms with Crippen LogP contribution in [-0.2, 0) is 4.79 Å². The minimum absolute atomic E-state index is 0.392. The van der Waals surface area contributed by atoms with E-state index in [4.69, 9.17) is 9.84 Å². The number of carboxylic acids is 1. The number of hydrogen-bond acceptors (Lipinski definition) is 4. The summed E-state index contributed by atoms with van der Waals surface area (Å²) in [5, 5.41) is 9.77. The van der Waals surface area contributed by atoms with Gasteiger partial charge >= 0.3 is 5.97 Å². The lowest BCUT2D eigenvalue weighted by molar-refractivity contribution is -0.139. The molecule has 0 spiro atoms. The molecule has 1 aromatic carbocycles. The van der Waals surface area contributed by atoms with Crippen LogP contribution in [-0.4, -0.2) is 26.8 Å². The molecule has 0 amide bonds. The Hall–Kier alpha value is -1.50. The lowest BCUT2D eigenvalue weighted by Crippen LogP contribution is -2.09. The SMILES string of the molecule is O=C(O)COc1ccc2c(c1)C=CS2(O)O. The molecule has 1 heterocycles. The first-order valence-electron chi connectivity index (χ1n) is 4.44. The molecule has 86 valence electrons. The summed E-state index contributed by atoms with van der Waals surface area (Å²) in [6, 6.07) is 4.63. The number of hydrogen-bond donors (Lipinski definition) is 3. The quantitative estimate of drug-likeness (QED) is 0.756. The van der Waals surface area contributed by atoms with Gasteiger partial charge in [-0.05, 0) is 24.3 Å². The maximum absolute atomic E-state index is 10.3. The molecule has 1 aliphatic heterocycles. The number of carboxylic acid groups (broad SMARTS) is 1. The van der Waals surface area contributed by atoms with Crippen LogP contribution in [0.1, 0.15) is 5.56 Å². The molecular weight excluding hydrogens is 232 g/mol. The van der Waals surface area contributed by atoms with Crippen molar-refractivity contribution in [1.82, 2.24) is 0 Å². The van der Waals surface area contributed by atoms with Crippen LogP contribution in [0.4, 0.5) is 0 Å². The fourth-order valence-electron chi connectivity index (χ4n) is 1.41. The van der Waals surface area contributed by atoms with Crippen LogP contribution >= 0.6 is 10.6 Å². The predicted molar refractivity (Wildman–Crippen MR) is 59.7 cm³/mol. The Labute approximate surface area is 93.3 Å². The molecule has 5 nitrogen and oxygen atoms in total. The Morgan fingerprint density at radius 1 is 1.38 bits per heavy atom. The number of aliphatic carboxylic acids is 1. The highest BCUT2D eigenvalue weighted by molar-refractivity contribution is 8.27. The summed E-state index contributed by atoms with van der Waals surface area (Å²) in [6.45, 7) is -0.418. The average Bonchev–Trinajstić information content (AvgIpc) is 2.52. The van der Waals surface area contributed by atoms with Crippen LogP contribution in [0.2, 0.25) is 0 Å². The fourth-order valence-corrected chi connectivity index (χ4v) is 2.63. The molecule has 0 saturated heterocycles. The van der Waals surface area contributed by atoms with Crippen LogP contribution in [0.25, 0.3) is 6.08 Å². The minimum atomic E-state index is -2.81. The molecule has 1 aromatic rings. The molecule has 0 aromatic heterocycles. The average molecular weight is 242 g/mol. The molecule has 0 fully saturated rings. The molecule has 0 bridgehead atoms. The minimum Gasteiger partial charge on any atom is -0.482 e. The zero-order valence-corrected chi connectivity index (χ0v) is 8.98. The number of rotatable bonds is 3. The van der Waals surface area contributed by atoms with E-state index >= 15 is 0 Å². The normalized spacial score (nSPS) is 17.9. The molecular formula is C10H10O5S. The second kappa shape index (κ2) is 3.82. The lowest BCUT2D eigenvalue weighted by atomic mass is 10.2. The van der Waals surface area contributed by atoms with E-state index in [1.807, 2.05) is 0 Å². The Morgan fingerprint density at radius 3 is 2.81 bits per heavy atom. The summed E-state index contributed by atoms with van der Waals surface area (Å²) < 4.78 is 24.1. The highest BCUT2D eigenvalue weighted by Crippen LogP contribution is 2.56. The van der Waals surface area contributed by atoms with Crippen LogP contribution in [0.15, 0.2) is 28.5 Å². The van der Waals surface area contributed by atoms with E-state index in [0.29, 0.717) is 16.2 Å². The van der Waals surface area contributed by atoms with Gasteiger partial charge in [0.1, 0.15) is 5.75 Å². The third kappa shape index (κ3) is 2.04. The summed E-state index contributed by atoms with van der Waals surface area (Å²) in [5.74, 6) is -0.664. The Morgan fingerprint density at radius 2 is 2.12 bits per heavy atom. The molecule has 3 N–H and O–H groups in total. The van der Waals surface area contributed by atoms with Crippen molar-refractivity contribution in [2.24, 2.45) is 0 Å². The van der Waals surface area contributed by atoms with Gasteiger partial charge in [0, 0.05) is 11.0 Å². The third-order valence-corrected chi connectivity index (χ3v) is 3.64. The van der Waals surface area contributed by atoms with Crippen molar-refractivity contribution in [1.29, 1.82) is 0 Å². The molecule has 2 rings (SSSR count). The predicted octanol–water partition coefficient (Wildman–Crippen LogP) is 2.24. The van der Waals surface area contributed by atoms with E-state index in [2.05, 4.69) is 0 Å². The smallest absolute Gasteiger partial charge is 0.341 e. The van der Waals surface area contributed by atoms with Gasteiger partial charge in [-0.2, -0.15) is 0 Å². The number of carbonyl (C=O) groups is 1. The van der Waals surface area contributed by atoms with Gasteiger partial charge < -0.3 is 9.84 Å². The number of ether oxygens (including phenoxy) is 1. The van der Waals surface area contributed by atoms with Crippen LogP contribution in [0.5, 0.6) is 5.75 Å². The molecule has 6 heteroatoms. The Bertz CT molecular complexity index is 466. The van der Waals surface area contributed by atoms with Crippen molar-refractivity contribution in [3.05, 3.63) is 29.2 Å². The summed E-state index contributed by atoms with van der Waals surface area (Å²) in [6.07, 6.45) is 1.58. The van der Waals surface area contributed by atoms with Crippen molar-refractivity contribution in [3.8, 4) is 5.75 Å². The summed E-state index contributed by atoms with van der Waals surface area (Å²) in [4.78, 5) is 10.7. The van der Waals surface area contributed by atoms with Crippen molar-refractivity contribution >= 4 is 22.6 Å². The first-order chi connectivity index (χ1) is 7.49. The van der Waals surface area contributed by atoms with Gasteiger partial charge in [0.05, 0.1) is 4.90 Å². The molecule has 0 radical (unpaired) electrons. The Balaban J connectivity index is 2.22.